The van der Waals surface area contributed by atoms with Gasteiger partial charge in [-0.1, -0.05) is 12.1 Å². The van der Waals surface area contributed by atoms with Crippen LogP contribution in [0.15, 0.2) is 24.3 Å². The first-order chi connectivity index (χ1) is 11.2. The van der Waals surface area contributed by atoms with Gasteiger partial charge in [-0.15, -0.1) is 0 Å². The van der Waals surface area contributed by atoms with Crippen molar-refractivity contribution in [2.75, 3.05) is 26.3 Å². The zero-order valence-corrected chi connectivity index (χ0v) is 13.3. The summed E-state index contributed by atoms with van der Waals surface area (Å²) < 4.78 is 18.5. The molecule has 4 rings (SSSR count). The molecule has 1 aromatic rings. The lowest BCUT2D eigenvalue weighted by Crippen LogP contribution is -2.54. The highest BCUT2D eigenvalue weighted by molar-refractivity contribution is 5.76. The van der Waals surface area contributed by atoms with Crippen LogP contribution in [0.4, 0.5) is 9.18 Å². The van der Waals surface area contributed by atoms with Crippen LogP contribution in [0.1, 0.15) is 37.2 Å². The first kappa shape index (κ1) is 14.9. The minimum atomic E-state index is -0.184. The second kappa shape index (κ2) is 6.11. The van der Waals surface area contributed by atoms with Crippen LogP contribution in [0.3, 0.4) is 0 Å². The molecule has 2 amide bonds. The van der Waals surface area contributed by atoms with Gasteiger partial charge in [-0.05, 0) is 49.3 Å². The Balaban J connectivity index is 1.47. The number of nitrogens with zero attached hydrogens (tertiary/aromatic N) is 2. The lowest BCUT2D eigenvalue weighted by Gasteiger charge is -2.42. The van der Waals surface area contributed by atoms with Gasteiger partial charge in [0.05, 0.1) is 13.2 Å². The van der Waals surface area contributed by atoms with Gasteiger partial charge in [-0.25, -0.2) is 9.18 Å². The van der Waals surface area contributed by atoms with Crippen molar-refractivity contribution in [3.63, 3.8) is 0 Å². The average molecular weight is 318 g/mol. The number of piperidine rings is 1. The summed E-state index contributed by atoms with van der Waals surface area (Å²) >= 11 is 0. The number of halogens is 1. The molecule has 0 N–H and O–H groups in total. The molecule has 5 heteroatoms. The standard InChI is InChI=1S/C18H23FN2O2/c19-15-3-1-13(2-4-15)14-11-16-5-6-17(12-14)21(16)18(22)20-7-9-23-10-8-20/h1-4,14,16-17H,5-12H2/t14?,16-,17+. The van der Waals surface area contributed by atoms with E-state index >= 15 is 0 Å². The second-order valence-electron chi connectivity index (χ2n) is 6.89. The topological polar surface area (TPSA) is 32.8 Å². The predicted octanol–water partition coefficient (Wildman–Crippen LogP) is 2.99. The van der Waals surface area contributed by atoms with Gasteiger partial charge in [-0.3, -0.25) is 0 Å². The normalized spacial score (nSPS) is 30.6. The Morgan fingerprint density at radius 1 is 1.04 bits per heavy atom. The van der Waals surface area contributed by atoms with E-state index in [1.165, 1.54) is 5.56 Å². The molecule has 0 saturated carbocycles. The highest BCUT2D eigenvalue weighted by atomic mass is 19.1. The molecule has 3 aliphatic heterocycles. The SMILES string of the molecule is O=C(N1CCOCC1)N1[C@@H]2CC[C@H]1CC(c1ccc(F)cc1)C2. The summed E-state index contributed by atoms with van der Waals surface area (Å²) in [5.74, 6) is 0.262. The summed E-state index contributed by atoms with van der Waals surface area (Å²) in [7, 11) is 0. The van der Waals surface area contributed by atoms with E-state index < -0.39 is 0 Å². The summed E-state index contributed by atoms with van der Waals surface area (Å²) in [5.41, 5.74) is 1.21. The van der Waals surface area contributed by atoms with Crippen molar-refractivity contribution in [2.45, 2.75) is 43.7 Å². The Labute approximate surface area is 136 Å². The quantitative estimate of drug-likeness (QED) is 0.797. The number of ether oxygens (including phenoxy) is 1. The molecule has 0 aromatic heterocycles. The van der Waals surface area contributed by atoms with E-state index in [4.69, 9.17) is 4.74 Å². The third-order valence-electron chi connectivity index (χ3n) is 5.58. The lowest BCUT2D eigenvalue weighted by atomic mass is 9.85. The summed E-state index contributed by atoms with van der Waals surface area (Å²) in [4.78, 5) is 16.9. The maximum atomic E-state index is 13.1. The molecule has 3 atom stereocenters. The van der Waals surface area contributed by atoms with Gasteiger partial charge in [0.1, 0.15) is 5.82 Å². The number of amides is 2. The number of carbonyl (C=O) groups excluding carboxylic acids is 1. The highest BCUT2D eigenvalue weighted by Gasteiger charge is 2.44. The van der Waals surface area contributed by atoms with Crippen LogP contribution in [0.5, 0.6) is 0 Å². The molecular formula is C18H23FN2O2. The van der Waals surface area contributed by atoms with Crippen molar-refractivity contribution in [3.8, 4) is 0 Å². The van der Waals surface area contributed by atoms with E-state index in [1.54, 1.807) is 12.1 Å². The Morgan fingerprint density at radius 3 is 2.26 bits per heavy atom. The molecule has 0 radical (unpaired) electrons. The summed E-state index contributed by atoms with van der Waals surface area (Å²) in [6.07, 6.45) is 4.19. The molecule has 0 spiro atoms. The lowest BCUT2D eigenvalue weighted by molar-refractivity contribution is 0.0331. The molecule has 3 fully saturated rings. The number of urea groups is 1. The number of carbonyl (C=O) groups is 1. The number of benzene rings is 1. The Kier molecular flexibility index (Phi) is 3.97. The Hall–Kier alpha value is -1.62. The highest BCUT2D eigenvalue weighted by Crippen LogP contribution is 2.43. The average Bonchev–Trinajstić information content (AvgIpc) is 2.85. The van der Waals surface area contributed by atoms with E-state index in [9.17, 15) is 9.18 Å². The molecule has 2 bridgehead atoms. The third-order valence-corrected chi connectivity index (χ3v) is 5.58. The predicted molar refractivity (Wildman–Crippen MR) is 84.8 cm³/mol. The van der Waals surface area contributed by atoms with Crippen molar-refractivity contribution in [3.05, 3.63) is 35.6 Å². The van der Waals surface area contributed by atoms with Crippen LogP contribution in [0, 0.1) is 5.82 Å². The van der Waals surface area contributed by atoms with Crippen LogP contribution in [-0.4, -0.2) is 54.2 Å². The molecule has 124 valence electrons. The molecule has 0 aliphatic carbocycles. The fraction of sp³-hybridized carbons (Fsp3) is 0.611. The van der Waals surface area contributed by atoms with Gasteiger partial charge in [0, 0.05) is 25.2 Å². The van der Waals surface area contributed by atoms with E-state index in [2.05, 4.69) is 4.90 Å². The van der Waals surface area contributed by atoms with Gasteiger partial charge in [0.25, 0.3) is 0 Å². The molecule has 1 unspecified atom stereocenters. The molecule has 23 heavy (non-hydrogen) atoms. The van der Waals surface area contributed by atoms with Crippen molar-refractivity contribution in [1.82, 2.24) is 9.80 Å². The second-order valence-corrected chi connectivity index (χ2v) is 6.89. The van der Waals surface area contributed by atoms with Crippen LogP contribution in [0.25, 0.3) is 0 Å². The molecule has 3 saturated heterocycles. The van der Waals surface area contributed by atoms with E-state index in [-0.39, 0.29) is 11.8 Å². The van der Waals surface area contributed by atoms with Crippen LogP contribution in [0.2, 0.25) is 0 Å². The Morgan fingerprint density at radius 2 is 1.65 bits per heavy atom. The summed E-state index contributed by atoms with van der Waals surface area (Å²) in [5, 5.41) is 0. The minimum absolute atomic E-state index is 0.184. The number of rotatable bonds is 1. The van der Waals surface area contributed by atoms with Crippen LogP contribution < -0.4 is 0 Å². The molecule has 4 nitrogen and oxygen atoms in total. The van der Waals surface area contributed by atoms with Crippen molar-refractivity contribution < 1.29 is 13.9 Å². The van der Waals surface area contributed by atoms with Gasteiger partial charge < -0.3 is 14.5 Å². The van der Waals surface area contributed by atoms with Gasteiger partial charge in [0.2, 0.25) is 0 Å². The van der Waals surface area contributed by atoms with E-state index in [0.29, 0.717) is 44.3 Å². The smallest absolute Gasteiger partial charge is 0.320 e. The summed E-state index contributed by atoms with van der Waals surface area (Å²) in [6.45, 7) is 2.70. The van der Waals surface area contributed by atoms with Crippen LogP contribution >= 0.6 is 0 Å². The fourth-order valence-corrected chi connectivity index (χ4v) is 4.41. The monoisotopic (exact) mass is 318 g/mol. The zero-order valence-electron chi connectivity index (χ0n) is 13.3. The maximum absolute atomic E-state index is 13.1. The zero-order chi connectivity index (χ0) is 15.8. The van der Waals surface area contributed by atoms with Crippen LogP contribution in [-0.2, 0) is 4.74 Å². The molecular weight excluding hydrogens is 295 g/mol. The maximum Gasteiger partial charge on any atom is 0.320 e. The fourth-order valence-electron chi connectivity index (χ4n) is 4.41. The molecule has 1 aromatic carbocycles. The largest absolute Gasteiger partial charge is 0.378 e. The Bertz CT molecular complexity index is 557. The first-order valence-electron chi connectivity index (χ1n) is 8.63. The van der Waals surface area contributed by atoms with E-state index in [1.807, 2.05) is 17.0 Å². The number of hydrogen-bond acceptors (Lipinski definition) is 2. The number of hydrogen-bond donors (Lipinski definition) is 0. The first-order valence-corrected chi connectivity index (χ1v) is 8.63. The number of morpholine rings is 1. The third kappa shape index (κ3) is 2.82. The van der Waals surface area contributed by atoms with Crippen molar-refractivity contribution in [1.29, 1.82) is 0 Å². The van der Waals surface area contributed by atoms with Gasteiger partial charge >= 0.3 is 6.03 Å². The van der Waals surface area contributed by atoms with Crippen molar-refractivity contribution in [2.24, 2.45) is 0 Å². The molecule has 3 aliphatic rings. The van der Waals surface area contributed by atoms with E-state index in [0.717, 1.165) is 25.7 Å². The molecule has 3 heterocycles. The van der Waals surface area contributed by atoms with Gasteiger partial charge in [0.15, 0.2) is 0 Å². The number of fused-ring (bicyclic) bond motifs is 2. The summed E-state index contributed by atoms with van der Waals surface area (Å²) in [6, 6.07) is 7.75. The minimum Gasteiger partial charge on any atom is -0.378 e. The van der Waals surface area contributed by atoms with Crippen molar-refractivity contribution >= 4 is 6.03 Å². The van der Waals surface area contributed by atoms with Gasteiger partial charge in [-0.2, -0.15) is 0 Å².